The van der Waals surface area contributed by atoms with Crippen LogP contribution in [0.4, 0.5) is 0 Å². The summed E-state index contributed by atoms with van der Waals surface area (Å²) in [5.74, 6) is -4.58. The first-order chi connectivity index (χ1) is 20.1. The maximum Gasteiger partial charge on any atom is 0.340 e. The van der Waals surface area contributed by atoms with Crippen LogP contribution < -0.4 is 0 Å². The first-order valence-electron chi connectivity index (χ1n) is 14.6. The highest BCUT2D eigenvalue weighted by molar-refractivity contribution is 5.96. The van der Waals surface area contributed by atoms with Crippen LogP contribution in [0.2, 0.25) is 0 Å². The van der Waals surface area contributed by atoms with E-state index in [9.17, 15) is 24.0 Å². The third-order valence-electron chi connectivity index (χ3n) is 9.71. The summed E-state index contributed by atoms with van der Waals surface area (Å²) >= 11 is 0. The van der Waals surface area contributed by atoms with Gasteiger partial charge in [-0.15, -0.1) is 0 Å². The summed E-state index contributed by atoms with van der Waals surface area (Å²) in [4.78, 5) is 69.0. The molecule has 5 rings (SSSR count). The standard InChI is InChI=1S/C32H39NO10/c1-15-12-32-28(41-20(6)36)16(2)13-31(32,43-32)27(37)17(3)25(40-19(5)35)22-23(30(22,7)8)26(24(15)39-18(4)34)42-29(38)21-10-9-11-33-14-21/h9-12,14,16-17,22-26,28H,13H2,1-8H3. The number of ketones is 1. The number of carbonyl (C=O) groups excluding carboxylic acids is 5. The van der Waals surface area contributed by atoms with Crippen molar-refractivity contribution >= 4 is 29.7 Å². The van der Waals surface area contributed by atoms with E-state index in [1.807, 2.05) is 20.8 Å². The number of Topliss-reactive ketones (excluding diaryl/α,β-unsaturated/α-hetero) is 1. The van der Waals surface area contributed by atoms with Gasteiger partial charge in [-0.1, -0.05) is 27.7 Å². The summed E-state index contributed by atoms with van der Waals surface area (Å²) in [5.41, 5.74) is -2.59. The van der Waals surface area contributed by atoms with Crippen LogP contribution in [0.15, 0.2) is 36.2 Å². The van der Waals surface area contributed by atoms with Crippen molar-refractivity contribution in [1.29, 1.82) is 0 Å². The van der Waals surface area contributed by atoms with Gasteiger partial charge in [-0.2, -0.15) is 0 Å². The van der Waals surface area contributed by atoms with E-state index in [-0.39, 0.29) is 23.7 Å². The van der Waals surface area contributed by atoms with Crippen molar-refractivity contribution in [2.24, 2.45) is 29.1 Å². The number of esters is 4. The Bertz CT molecular complexity index is 1390. The first kappa shape index (κ1) is 30.8. The quantitative estimate of drug-likeness (QED) is 0.213. The molecule has 10 unspecified atom stereocenters. The van der Waals surface area contributed by atoms with Crippen molar-refractivity contribution in [2.75, 3.05) is 0 Å². The molecule has 232 valence electrons. The molecule has 0 amide bonds. The predicted octanol–water partition coefficient (Wildman–Crippen LogP) is 3.39. The van der Waals surface area contributed by atoms with Crippen LogP contribution in [-0.2, 0) is 42.9 Å². The molecular weight excluding hydrogens is 558 g/mol. The second-order valence-corrected chi connectivity index (χ2v) is 13.1. The molecule has 11 heteroatoms. The molecular formula is C32H39NO10. The summed E-state index contributed by atoms with van der Waals surface area (Å²) in [6, 6.07) is 3.17. The van der Waals surface area contributed by atoms with Crippen LogP contribution in [0.3, 0.4) is 0 Å². The number of ether oxygens (including phenoxy) is 5. The number of pyridine rings is 1. The third kappa shape index (κ3) is 4.95. The molecule has 0 spiro atoms. The van der Waals surface area contributed by atoms with E-state index < -0.39 is 82.7 Å². The monoisotopic (exact) mass is 597 g/mol. The molecule has 43 heavy (non-hydrogen) atoms. The number of fused-ring (bicyclic) bond motifs is 1. The summed E-state index contributed by atoms with van der Waals surface area (Å²) in [6.45, 7) is 13.0. The van der Waals surface area contributed by atoms with Gasteiger partial charge in [0.25, 0.3) is 0 Å². The van der Waals surface area contributed by atoms with Gasteiger partial charge in [0.05, 0.1) is 11.5 Å². The van der Waals surface area contributed by atoms with Crippen molar-refractivity contribution in [2.45, 2.75) is 97.4 Å². The Morgan fingerprint density at radius 3 is 2.14 bits per heavy atom. The largest absolute Gasteiger partial charge is 0.461 e. The molecule has 3 fully saturated rings. The van der Waals surface area contributed by atoms with Crippen LogP contribution in [0, 0.1) is 29.1 Å². The van der Waals surface area contributed by atoms with Crippen molar-refractivity contribution in [3.05, 3.63) is 41.7 Å². The fraction of sp³-hybridized carbons (Fsp3) is 0.625. The smallest absolute Gasteiger partial charge is 0.340 e. The lowest BCUT2D eigenvalue weighted by molar-refractivity contribution is -0.154. The lowest BCUT2D eigenvalue weighted by atomic mass is 9.80. The van der Waals surface area contributed by atoms with Crippen molar-refractivity contribution in [3.8, 4) is 0 Å². The van der Waals surface area contributed by atoms with Crippen molar-refractivity contribution < 1.29 is 47.7 Å². The number of hydrogen-bond donors (Lipinski definition) is 0. The Labute approximate surface area is 250 Å². The van der Waals surface area contributed by atoms with Crippen molar-refractivity contribution in [1.82, 2.24) is 4.98 Å². The second kappa shape index (κ2) is 10.5. The summed E-state index contributed by atoms with van der Waals surface area (Å²) in [6.07, 6.45) is 1.09. The molecule has 1 saturated heterocycles. The highest BCUT2D eigenvalue weighted by atomic mass is 16.7. The van der Waals surface area contributed by atoms with Crippen LogP contribution in [0.1, 0.15) is 72.2 Å². The minimum Gasteiger partial charge on any atom is -0.461 e. The van der Waals surface area contributed by atoms with Crippen LogP contribution >= 0.6 is 0 Å². The number of aromatic nitrogens is 1. The van der Waals surface area contributed by atoms with E-state index in [1.54, 1.807) is 32.1 Å². The molecule has 11 nitrogen and oxygen atoms in total. The third-order valence-corrected chi connectivity index (χ3v) is 9.71. The first-order valence-corrected chi connectivity index (χ1v) is 14.6. The van der Waals surface area contributed by atoms with Gasteiger partial charge in [0, 0.05) is 45.0 Å². The molecule has 10 atom stereocenters. The van der Waals surface area contributed by atoms with Crippen LogP contribution in [0.5, 0.6) is 0 Å². The van der Waals surface area contributed by atoms with Gasteiger partial charge in [-0.25, -0.2) is 4.79 Å². The van der Waals surface area contributed by atoms with E-state index >= 15 is 0 Å². The Hall–Kier alpha value is -3.60. The molecule has 1 aromatic heterocycles. The predicted molar refractivity (Wildman–Crippen MR) is 149 cm³/mol. The van der Waals surface area contributed by atoms with Gasteiger partial charge in [-0.05, 0) is 48.5 Å². The summed E-state index contributed by atoms with van der Waals surface area (Å²) in [5, 5.41) is 0. The van der Waals surface area contributed by atoms with Gasteiger partial charge in [0.1, 0.15) is 18.3 Å². The Morgan fingerprint density at radius 2 is 1.56 bits per heavy atom. The average molecular weight is 598 g/mol. The number of hydrogen-bond acceptors (Lipinski definition) is 11. The van der Waals surface area contributed by atoms with Gasteiger partial charge < -0.3 is 23.7 Å². The van der Waals surface area contributed by atoms with Crippen molar-refractivity contribution in [3.63, 3.8) is 0 Å². The summed E-state index contributed by atoms with van der Waals surface area (Å²) in [7, 11) is 0. The summed E-state index contributed by atoms with van der Waals surface area (Å²) < 4.78 is 30.0. The number of nitrogens with zero attached hydrogens (tertiary/aromatic N) is 1. The van der Waals surface area contributed by atoms with Gasteiger partial charge >= 0.3 is 23.9 Å². The topological polar surface area (TPSA) is 148 Å². The van der Waals surface area contributed by atoms with Crippen LogP contribution in [-0.4, -0.2) is 70.3 Å². The van der Waals surface area contributed by atoms with E-state index in [0.717, 1.165) is 0 Å². The Balaban J connectivity index is 1.69. The number of epoxide rings is 1. The molecule has 3 aliphatic carbocycles. The van der Waals surface area contributed by atoms with Gasteiger partial charge in [-0.3, -0.25) is 24.2 Å². The number of rotatable bonds is 5. The molecule has 1 aliphatic heterocycles. The van der Waals surface area contributed by atoms with E-state index in [2.05, 4.69) is 4.98 Å². The molecule has 1 aromatic rings. The fourth-order valence-electron chi connectivity index (χ4n) is 7.87. The molecule has 0 N–H and O–H groups in total. The zero-order valence-corrected chi connectivity index (χ0v) is 25.7. The average Bonchev–Trinajstić information content (AvgIpc) is 3.71. The van der Waals surface area contributed by atoms with E-state index in [0.29, 0.717) is 5.57 Å². The minimum absolute atomic E-state index is 0.206. The maximum atomic E-state index is 14.4. The molecule has 4 aliphatic rings. The highest BCUT2D eigenvalue weighted by Crippen LogP contribution is 2.69. The minimum atomic E-state index is -1.34. The van der Waals surface area contributed by atoms with Crippen LogP contribution in [0.25, 0.3) is 0 Å². The fourth-order valence-corrected chi connectivity index (χ4v) is 7.87. The second-order valence-electron chi connectivity index (χ2n) is 13.1. The maximum absolute atomic E-state index is 14.4. The van der Waals surface area contributed by atoms with Gasteiger partial charge in [0.2, 0.25) is 0 Å². The van der Waals surface area contributed by atoms with Gasteiger partial charge in [0.15, 0.2) is 23.1 Å². The lowest BCUT2D eigenvalue weighted by Crippen LogP contribution is -2.43. The Kier molecular flexibility index (Phi) is 7.56. The molecule has 0 radical (unpaired) electrons. The zero-order valence-electron chi connectivity index (χ0n) is 25.7. The molecule has 2 saturated carbocycles. The number of carbonyl (C=O) groups is 5. The molecule has 0 bridgehead atoms. The zero-order chi connectivity index (χ0) is 31.6. The normalized spacial score (nSPS) is 39.0. The SMILES string of the molecule is CC(=O)OC1C(C)=CC23OC2(CC(C)C3OC(C)=O)C(=O)C(C)C(OC(C)=O)C2C(C1OC(=O)c1cccnc1)C2(C)C. The van der Waals surface area contributed by atoms with E-state index in [1.165, 1.54) is 33.2 Å². The van der Waals surface area contributed by atoms with E-state index in [4.69, 9.17) is 23.7 Å². The lowest BCUT2D eigenvalue weighted by Gasteiger charge is -2.30. The molecule has 0 aromatic carbocycles. The Morgan fingerprint density at radius 1 is 0.930 bits per heavy atom. The molecule has 2 heterocycles. The highest BCUT2D eigenvalue weighted by Gasteiger charge is 2.84.